The maximum Gasteiger partial charge on any atom is 0.224 e. The quantitative estimate of drug-likeness (QED) is 0.775. The van der Waals surface area contributed by atoms with Crippen LogP contribution in [-0.2, 0) is 11.2 Å². The van der Waals surface area contributed by atoms with Crippen LogP contribution in [0.2, 0.25) is 5.02 Å². The van der Waals surface area contributed by atoms with Crippen molar-refractivity contribution < 1.29 is 9.90 Å². The van der Waals surface area contributed by atoms with Crippen molar-refractivity contribution in [1.82, 2.24) is 5.32 Å². The van der Waals surface area contributed by atoms with Gasteiger partial charge >= 0.3 is 0 Å². The number of hydrogen-bond donors (Lipinski definition) is 2. The van der Waals surface area contributed by atoms with Gasteiger partial charge in [0, 0.05) is 18.2 Å². The largest absolute Gasteiger partial charge is 0.396 e. The molecule has 0 spiro atoms. The molecule has 4 heteroatoms. The van der Waals surface area contributed by atoms with Gasteiger partial charge in [0.25, 0.3) is 0 Å². The average Bonchev–Trinajstić information content (AvgIpc) is 2.38. The number of nitrogens with one attached hydrogen (secondary N) is 1. The predicted molar refractivity (Wildman–Crippen MR) is 82.8 cm³/mol. The third kappa shape index (κ3) is 6.92. The molecule has 1 aromatic carbocycles. The van der Waals surface area contributed by atoms with Crippen LogP contribution in [0.4, 0.5) is 0 Å². The smallest absolute Gasteiger partial charge is 0.224 e. The Labute approximate surface area is 126 Å². The molecule has 0 bridgehead atoms. The molecule has 1 unspecified atom stereocenters. The number of hydrogen-bond acceptors (Lipinski definition) is 2. The van der Waals surface area contributed by atoms with Crippen LogP contribution in [0.15, 0.2) is 24.3 Å². The molecule has 0 saturated heterocycles. The predicted octanol–water partition coefficient (Wildman–Crippen LogP) is 3.04. The standard InChI is InChI=1S/C16H24ClNO2/c1-12(2)9-14(7-8-19)11-18-16(20)10-13-3-5-15(17)6-4-13/h3-6,12,14,19H,7-11H2,1-2H3,(H,18,20). The summed E-state index contributed by atoms with van der Waals surface area (Å²) >= 11 is 5.81. The summed E-state index contributed by atoms with van der Waals surface area (Å²) in [4.78, 5) is 11.9. The van der Waals surface area contributed by atoms with Gasteiger partial charge in [-0.3, -0.25) is 4.79 Å². The molecule has 1 rings (SSSR count). The summed E-state index contributed by atoms with van der Waals surface area (Å²) in [7, 11) is 0. The summed E-state index contributed by atoms with van der Waals surface area (Å²) < 4.78 is 0. The van der Waals surface area contributed by atoms with Gasteiger partial charge in [0.15, 0.2) is 0 Å². The van der Waals surface area contributed by atoms with Gasteiger partial charge in [-0.1, -0.05) is 37.6 Å². The molecule has 112 valence electrons. The van der Waals surface area contributed by atoms with E-state index >= 15 is 0 Å². The van der Waals surface area contributed by atoms with Gasteiger partial charge in [-0.15, -0.1) is 0 Å². The van der Waals surface area contributed by atoms with E-state index in [1.165, 1.54) is 0 Å². The van der Waals surface area contributed by atoms with Gasteiger partial charge in [0.1, 0.15) is 0 Å². The van der Waals surface area contributed by atoms with E-state index in [9.17, 15) is 4.79 Å². The molecule has 1 aromatic rings. The van der Waals surface area contributed by atoms with Gasteiger partial charge in [0.05, 0.1) is 6.42 Å². The van der Waals surface area contributed by atoms with Crippen molar-refractivity contribution in [3.8, 4) is 0 Å². The summed E-state index contributed by atoms with van der Waals surface area (Å²) in [5.74, 6) is 0.924. The maximum absolute atomic E-state index is 11.9. The Morgan fingerprint density at radius 2 is 1.95 bits per heavy atom. The monoisotopic (exact) mass is 297 g/mol. The highest BCUT2D eigenvalue weighted by molar-refractivity contribution is 6.30. The van der Waals surface area contributed by atoms with E-state index in [1.54, 1.807) is 12.1 Å². The molecular weight excluding hydrogens is 274 g/mol. The highest BCUT2D eigenvalue weighted by atomic mass is 35.5. The number of amides is 1. The Bertz CT molecular complexity index is 403. The van der Waals surface area contributed by atoms with Gasteiger partial charge in [0.2, 0.25) is 5.91 Å². The lowest BCUT2D eigenvalue weighted by molar-refractivity contribution is -0.120. The number of aliphatic hydroxyl groups excluding tert-OH is 1. The summed E-state index contributed by atoms with van der Waals surface area (Å²) in [5.41, 5.74) is 0.953. The first kappa shape index (κ1) is 17.0. The molecule has 1 amide bonds. The molecular formula is C16H24ClNO2. The zero-order valence-corrected chi connectivity index (χ0v) is 13.0. The SMILES string of the molecule is CC(C)CC(CCO)CNC(=O)Cc1ccc(Cl)cc1. The summed E-state index contributed by atoms with van der Waals surface area (Å²) in [6.07, 6.45) is 2.12. The second-order valence-electron chi connectivity index (χ2n) is 5.62. The summed E-state index contributed by atoms with van der Waals surface area (Å²) in [6, 6.07) is 7.30. The van der Waals surface area contributed by atoms with Gasteiger partial charge in [-0.2, -0.15) is 0 Å². The molecule has 0 saturated carbocycles. The van der Waals surface area contributed by atoms with Crippen molar-refractivity contribution in [3.63, 3.8) is 0 Å². The fourth-order valence-electron chi connectivity index (χ4n) is 2.26. The topological polar surface area (TPSA) is 49.3 Å². The molecule has 0 aliphatic heterocycles. The third-order valence-corrected chi connectivity index (χ3v) is 3.46. The third-order valence-electron chi connectivity index (χ3n) is 3.21. The Balaban J connectivity index is 2.38. The van der Waals surface area contributed by atoms with Crippen molar-refractivity contribution in [1.29, 1.82) is 0 Å². The van der Waals surface area contributed by atoms with E-state index in [1.807, 2.05) is 12.1 Å². The Hall–Kier alpha value is -1.06. The zero-order valence-electron chi connectivity index (χ0n) is 12.2. The number of rotatable bonds is 8. The Morgan fingerprint density at radius 1 is 1.30 bits per heavy atom. The molecule has 0 aliphatic carbocycles. The van der Waals surface area contributed by atoms with E-state index in [-0.39, 0.29) is 12.5 Å². The van der Waals surface area contributed by atoms with Crippen molar-refractivity contribution in [3.05, 3.63) is 34.9 Å². The minimum absolute atomic E-state index is 0.0130. The summed E-state index contributed by atoms with van der Waals surface area (Å²) in [6.45, 7) is 5.11. The van der Waals surface area contributed by atoms with Crippen LogP contribution in [-0.4, -0.2) is 24.2 Å². The van der Waals surface area contributed by atoms with Crippen molar-refractivity contribution in [2.45, 2.75) is 33.1 Å². The second-order valence-corrected chi connectivity index (χ2v) is 6.05. The van der Waals surface area contributed by atoms with E-state index < -0.39 is 0 Å². The first-order valence-corrected chi connectivity index (χ1v) is 7.51. The molecule has 0 aliphatic rings. The number of halogens is 1. The number of carbonyl (C=O) groups excluding carboxylic acids is 1. The van der Waals surface area contributed by atoms with E-state index in [0.717, 1.165) is 18.4 Å². The lowest BCUT2D eigenvalue weighted by atomic mass is 9.94. The number of aliphatic hydroxyl groups is 1. The van der Waals surface area contributed by atoms with Crippen LogP contribution in [0.1, 0.15) is 32.3 Å². The zero-order chi connectivity index (χ0) is 15.0. The molecule has 1 atom stereocenters. The Morgan fingerprint density at radius 3 is 2.50 bits per heavy atom. The van der Waals surface area contributed by atoms with Crippen LogP contribution in [0.25, 0.3) is 0 Å². The highest BCUT2D eigenvalue weighted by Crippen LogP contribution is 2.14. The van der Waals surface area contributed by atoms with E-state index in [2.05, 4.69) is 19.2 Å². The van der Waals surface area contributed by atoms with E-state index in [4.69, 9.17) is 16.7 Å². The lowest BCUT2D eigenvalue weighted by Gasteiger charge is -2.18. The van der Waals surface area contributed by atoms with Crippen LogP contribution in [0.3, 0.4) is 0 Å². The van der Waals surface area contributed by atoms with Crippen molar-refractivity contribution in [2.75, 3.05) is 13.2 Å². The molecule has 0 heterocycles. The minimum Gasteiger partial charge on any atom is -0.396 e. The highest BCUT2D eigenvalue weighted by Gasteiger charge is 2.12. The number of benzene rings is 1. The first-order chi connectivity index (χ1) is 9.51. The average molecular weight is 298 g/mol. The second kappa shape index (κ2) is 8.98. The van der Waals surface area contributed by atoms with Gasteiger partial charge < -0.3 is 10.4 Å². The maximum atomic E-state index is 11.9. The van der Waals surface area contributed by atoms with Gasteiger partial charge in [-0.25, -0.2) is 0 Å². The molecule has 20 heavy (non-hydrogen) atoms. The van der Waals surface area contributed by atoms with Crippen molar-refractivity contribution >= 4 is 17.5 Å². The molecule has 2 N–H and O–H groups in total. The first-order valence-electron chi connectivity index (χ1n) is 7.13. The van der Waals surface area contributed by atoms with Crippen molar-refractivity contribution in [2.24, 2.45) is 11.8 Å². The molecule has 3 nitrogen and oxygen atoms in total. The summed E-state index contributed by atoms with van der Waals surface area (Å²) in [5, 5.41) is 12.7. The van der Waals surface area contributed by atoms with Crippen LogP contribution >= 0.6 is 11.6 Å². The lowest BCUT2D eigenvalue weighted by Crippen LogP contribution is -2.31. The Kier molecular flexibility index (Phi) is 7.63. The number of carbonyl (C=O) groups is 1. The fraction of sp³-hybridized carbons (Fsp3) is 0.562. The van der Waals surface area contributed by atoms with Crippen LogP contribution < -0.4 is 5.32 Å². The molecule has 0 radical (unpaired) electrons. The molecule has 0 aromatic heterocycles. The minimum atomic E-state index is 0.0130. The van der Waals surface area contributed by atoms with E-state index in [0.29, 0.717) is 29.8 Å². The van der Waals surface area contributed by atoms with Crippen LogP contribution in [0, 0.1) is 11.8 Å². The fourth-order valence-corrected chi connectivity index (χ4v) is 2.39. The van der Waals surface area contributed by atoms with Gasteiger partial charge in [-0.05, 0) is 42.4 Å². The molecule has 0 fully saturated rings. The normalized spacial score (nSPS) is 12.4. The van der Waals surface area contributed by atoms with Crippen LogP contribution in [0.5, 0.6) is 0 Å².